The van der Waals surface area contributed by atoms with Gasteiger partial charge in [0.15, 0.2) is 0 Å². The summed E-state index contributed by atoms with van der Waals surface area (Å²) in [5.41, 5.74) is 0. The Morgan fingerprint density at radius 2 is 1.62 bits per heavy atom. The molecule has 94 valence electrons. The smallest absolute Gasteiger partial charge is 0.0509 e. The lowest BCUT2D eigenvalue weighted by Crippen LogP contribution is -2.43. The normalized spacial score (nSPS) is 31.5. The largest absolute Gasteiger partial charge is 0.381 e. The molecule has 0 bridgehead atoms. The number of hydrogen-bond acceptors (Lipinski definition) is 2. The van der Waals surface area contributed by atoms with Gasteiger partial charge in [0, 0.05) is 18.7 Å². The Hall–Kier alpha value is -0.0800. The highest BCUT2D eigenvalue weighted by atomic mass is 16.5. The molecule has 0 spiro atoms. The lowest BCUT2D eigenvalue weighted by atomic mass is 9.84. The summed E-state index contributed by atoms with van der Waals surface area (Å²) >= 11 is 0. The van der Waals surface area contributed by atoms with Gasteiger partial charge in [-0.2, -0.15) is 0 Å². The second-order valence-electron chi connectivity index (χ2n) is 5.77. The minimum atomic E-state index is 0.624. The molecule has 2 aliphatic rings. The molecule has 2 heteroatoms. The molecule has 1 saturated carbocycles. The molecule has 0 aromatic heterocycles. The second-order valence-corrected chi connectivity index (χ2v) is 5.77. The van der Waals surface area contributed by atoms with Crippen molar-refractivity contribution in [1.29, 1.82) is 0 Å². The van der Waals surface area contributed by atoms with Gasteiger partial charge in [-0.1, -0.05) is 19.3 Å². The average molecular weight is 225 g/mol. The number of rotatable bonds is 4. The summed E-state index contributed by atoms with van der Waals surface area (Å²) in [7, 11) is 0. The molecule has 1 heterocycles. The molecular weight excluding hydrogens is 198 g/mol. The van der Waals surface area contributed by atoms with Crippen molar-refractivity contribution in [2.45, 2.75) is 64.5 Å². The Kier molecular flexibility index (Phi) is 4.66. The number of nitrogens with one attached hydrogen (secondary N) is 1. The predicted octanol–water partition coefficient (Wildman–Crippen LogP) is 2.97. The standard InChI is InChI=1S/C14H27NO/c1-11(13-6-4-3-5-7-13)15-12(2)14-8-9-16-10-14/h11-15H,3-10H2,1-2H3/t11-,12?,14?/m1/s1. The van der Waals surface area contributed by atoms with Crippen LogP contribution < -0.4 is 5.32 Å². The number of ether oxygens (including phenoxy) is 1. The van der Waals surface area contributed by atoms with Crippen LogP contribution in [0.1, 0.15) is 52.4 Å². The van der Waals surface area contributed by atoms with Crippen LogP contribution >= 0.6 is 0 Å². The van der Waals surface area contributed by atoms with Crippen LogP contribution in [0.25, 0.3) is 0 Å². The molecule has 0 amide bonds. The topological polar surface area (TPSA) is 21.3 Å². The second kappa shape index (κ2) is 6.02. The van der Waals surface area contributed by atoms with Crippen molar-refractivity contribution in [3.8, 4) is 0 Å². The van der Waals surface area contributed by atoms with Gasteiger partial charge >= 0.3 is 0 Å². The van der Waals surface area contributed by atoms with Crippen LogP contribution in [0, 0.1) is 11.8 Å². The van der Waals surface area contributed by atoms with Crippen molar-refractivity contribution in [1.82, 2.24) is 5.32 Å². The molecule has 0 radical (unpaired) electrons. The first-order chi connectivity index (χ1) is 7.77. The Balaban J connectivity index is 1.74. The zero-order chi connectivity index (χ0) is 11.4. The highest BCUT2D eigenvalue weighted by Crippen LogP contribution is 2.27. The SMILES string of the molecule is CC(N[C@H](C)C1CCCCC1)C1CCOC1. The monoisotopic (exact) mass is 225 g/mol. The quantitative estimate of drug-likeness (QED) is 0.794. The first kappa shape index (κ1) is 12.4. The van der Waals surface area contributed by atoms with Gasteiger partial charge in [-0.05, 0) is 44.9 Å². The van der Waals surface area contributed by atoms with Crippen molar-refractivity contribution in [3.63, 3.8) is 0 Å². The third-order valence-corrected chi connectivity index (χ3v) is 4.55. The Bertz CT molecular complexity index is 195. The molecule has 3 atom stereocenters. The lowest BCUT2D eigenvalue weighted by Gasteiger charge is -2.32. The van der Waals surface area contributed by atoms with Gasteiger partial charge in [-0.3, -0.25) is 0 Å². The van der Waals surface area contributed by atoms with E-state index in [0.29, 0.717) is 12.1 Å². The van der Waals surface area contributed by atoms with Crippen molar-refractivity contribution in [3.05, 3.63) is 0 Å². The average Bonchev–Trinajstić information content (AvgIpc) is 2.83. The van der Waals surface area contributed by atoms with Crippen molar-refractivity contribution < 1.29 is 4.74 Å². The van der Waals surface area contributed by atoms with Crippen molar-refractivity contribution in [2.75, 3.05) is 13.2 Å². The van der Waals surface area contributed by atoms with Crippen LogP contribution in [-0.4, -0.2) is 25.3 Å². The van der Waals surface area contributed by atoms with Crippen LogP contribution in [0.3, 0.4) is 0 Å². The summed E-state index contributed by atoms with van der Waals surface area (Å²) in [4.78, 5) is 0. The first-order valence-corrected chi connectivity index (χ1v) is 7.11. The van der Waals surface area contributed by atoms with E-state index in [0.717, 1.165) is 25.0 Å². The van der Waals surface area contributed by atoms with E-state index >= 15 is 0 Å². The highest BCUT2D eigenvalue weighted by Gasteiger charge is 2.26. The molecule has 2 rings (SSSR count). The molecule has 1 aliphatic heterocycles. The molecule has 1 N–H and O–H groups in total. The van der Waals surface area contributed by atoms with Gasteiger partial charge in [0.25, 0.3) is 0 Å². The van der Waals surface area contributed by atoms with E-state index < -0.39 is 0 Å². The Morgan fingerprint density at radius 3 is 2.25 bits per heavy atom. The van der Waals surface area contributed by atoms with E-state index in [1.165, 1.54) is 38.5 Å². The fourth-order valence-corrected chi connectivity index (χ4v) is 3.27. The van der Waals surface area contributed by atoms with Crippen molar-refractivity contribution >= 4 is 0 Å². The maximum Gasteiger partial charge on any atom is 0.0509 e. The van der Waals surface area contributed by atoms with Crippen LogP contribution in [0.15, 0.2) is 0 Å². The molecular formula is C14H27NO. The third-order valence-electron chi connectivity index (χ3n) is 4.55. The predicted molar refractivity (Wildman–Crippen MR) is 67.6 cm³/mol. The van der Waals surface area contributed by atoms with E-state index in [2.05, 4.69) is 19.2 Å². The molecule has 2 unspecified atom stereocenters. The third kappa shape index (κ3) is 3.21. The maximum absolute atomic E-state index is 5.47. The van der Waals surface area contributed by atoms with Crippen LogP contribution in [0.5, 0.6) is 0 Å². The van der Waals surface area contributed by atoms with Gasteiger partial charge in [0.2, 0.25) is 0 Å². The molecule has 0 aromatic rings. The fourth-order valence-electron chi connectivity index (χ4n) is 3.27. The molecule has 2 fully saturated rings. The maximum atomic E-state index is 5.47. The van der Waals surface area contributed by atoms with Gasteiger partial charge < -0.3 is 10.1 Å². The molecule has 2 nitrogen and oxygen atoms in total. The Morgan fingerprint density at radius 1 is 0.938 bits per heavy atom. The van der Waals surface area contributed by atoms with E-state index in [4.69, 9.17) is 4.74 Å². The molecule has 0 aromatic carbocycles. The highest BCUT2D eigenvalue weighted by molar-refractivity contribution is 4.82. The van der Waals surface area contributed by atoms with E-state index in [-0.39, 0.29) is 0 Å². The minimum Gasteiger partial charge on any atom is -0.381 e. The summed E-state index contributed by atoms with van der Waals surface area (Å²) in [5.74, 6) is 1.66. The van der Waals surface area contributed by atoms with Gasteiger partial charge in [-0.25, -0.2) is 0 Å². The molecule has 1 aliphatic carbocycles. The minimum absolute atomic E-state index is 0.624. The van der Waals surface area contributed by atoms with E-state index in [1.54, 1.807) is 0 Å². The summed E-state index contributed by atoms with van der Waals surface area (Å²) in [6.07, 6.45) is 8.44. The lowest BCUT2D eigenvalue weighted by molar-refractivity contribution is 0.172. The summed E-state index contributed by atoms with van der Waals surface area (Å²) in [5, 5.41) is 3.81. The van der Waals surface area contributed by atoms with Gasteiger partial charge in [-0.15, -0.1) is 0 Å². The van der Waals surface area contributed by atoms with Gasteiger partial charge in [0.05, 0.1) is 6.61 Å². The van der Waals surface area contributed by atoms with E-state index in [9.17, 15) is 0 Å². The van der Waals surface area contributed by atoms with E-state index in [1.807, 2.05) is 0 Å². The summed E-state index contributed by atoms with van der Waals surface area (Å²) in [6, 6.07) is 1.32. The zero-order valence-electron chi connectivity index (χ0n) is 10.9. The summed E-state index contributed by atoms with van der Waals surface area (Å²) in [6.45, 7) is 6.64. The molecule has 1 saturated heterocycles. The van der Waals surface area contributed by atoms with Crippen LogP contribution in [0.4, 0.5) is 0 Å². The van der Waals surface area contributed by atoms with Gasteiger partial charge in [0.1, 0.15) is 0 Å². The number of hydrogen-bond donors (Lipinski definition) is 1. The van der Waals surface area contributed by atoms with Crippen molar-refractivity contribution in [2.24, 2.45) is 11.8 Å². The summed E-state index contributed by atoms with van der Waals surface area (Å²) < 4.78 is 5.47. The van der Waals surface area contributed by atoms with Crippen LogP contribution in [0.2, 0.25) is 0 Å². The Labute approximate surface area is 100 Å². The van der Waals surface area contributed by atoms with Crippen LogP contribution in [-0.2, 0) is 4.74 Å². The fraction of sp³-hybridized carbons (Fsp3) is 1.00. The molecule has 16 heavy (non-hydrogen) atoms. The zero-order valence-corrected chi connectivity index (χ0v) is 10.9. The first-order valence-electron chi connectivity index (χ1n) is 7.11.